The molecule has 0 amide bonds. The number of thiophene rings is 1. The van der Waals surface area contributed by atoms with Crippen molar-refractivity contribution in [1.29, 1.82) is 0 Å². The summed E-state index contributed by atoms with van der Waals surface area (Å²) in [5.74, 6) is 0.791. The third-order valence-corrected chi connectivity index (χ3v) is 4.70. The average molecular weight is 268 g/mol. The molecular formula is C14H18ClNS. The lowest BCUT2D eigenvalue weighted by Gasteiger charge is -2.21. The van der Waals surface area contributed by atoms with Crippen LogP contribution in [0, 0.1) is 6.92 Å². The zero-order valence-corrected chi connectivity index (χ0v) is 11.7. The van der Waals surface area contributed by atoms with Gasteiger partial charge in [0.15, 0.2) is 0 Å². The second kappa shape index (κ2) is 5.38. The molecule has 0 unspecified atom stereocenters. The van der Waals surface area contributed by atoms with Gasteiger partial charge in [-0.2, -0.15) is 0 Å². The molecule has 1 fully saturated rings. The molecule has 92 valence electrons. The predicted octanol–water partition coefficient (Wildman–Crippen LogP) is 4.10. The molecule has 0 atom stereocenters. The summed E-state index contributed by atoms with van der Waals surface area (Å²) in [5.41, 5.74) is 1.37. The van der Waals surface area contributed by atoms with Crippen LogP contribution in [0.1, 0.15) is 29.2 Å². The third-order valence-electron chi connectivity index (χ3n) is 3.44. The highest BCUT2D eigenvalue weighted by Crippen LogP contribution is 2.35. The maximum Gasteiger partial charge on any atom is 0.0348 e. The zero-order chi connectivity index (χ0) is 11.0. The summed E-state index contributed by atoms with van der Waals surface area (Å²) >= 11 is 1.99. The smallest absolute Gasteiger partial charge is 0.0348 e. The first-order chi connectivity index (χ1) is 7.83. The van der Waals surface area contributed by atoms with Gasteiger partial charge in [-0.05, 0) is 61.9 Å². The standard InChI is InChI=1S/C14H17NS.ClH/c1-10-2-3-12-9-14(16-13(12)8-10)11-4-6-15-7-5-11;/h2-3,8-9,11,15H,4-7H2,1H3;1H. The number of benzene rings is 1. The van der Waals surface area contributed by atoms with Crippen LogP contribution in [0.25, 0.3) is 10.1 Å². The normalized spacial score (nSPS) is 17.0. The van der Waals surface area contributed by atoms with Gasteiger partial charge in [-0.25, -0.2) is 0 Å². The van der Waals surface area contributed by atoms with Crippen molar-refractivity contribution in [2.75, 3.05) is 13.1 Å². The van der Waals surface area contributed by atoms with Crippen molar-refractivity contribution in [3.05, 3.63) is 34.7 Å². The van der Waals surface area contributed by atoms with E-state index in [2.05, 4.69) is 36.5 Å². The molecule has 1 aromatic heterocycles. The first-order valence-corrected chi connectivity index (χ1v) is 6.85. The Morgan fingerprint density at radius 2 is 1.94 bits per heavy atom. The molecule has 1 saturated heterocycles. The Morgan fingerprint density at radius 3 is 2.71 bits per heavy atom. The minimum atomic E-state index is 0. The fourth-order valence-electron chi connectivity index (χ4n) is 2.47. The molecule has 0 radical (unpaired) electrons. The van der Waals surface area contributed by atoms with Crippen LogP contribution in [0.2, 0.25) is 0 Å². The highest BCUT2D eigenvalue weighted by Gasteiger charge is 2.17. The number of nitrogens with one attached hydrogen (secondary N) is 1. The summed E-state index contributed by atoms with van der Waals surface area (Å²) in [5, 5.41) is 4.85. The molecule has 0 saturated carbocycles. The lowest BCUT2D eigenvalue weighted by Crippen LogP contribution is -2.26. The van der Waals surface area contributed by atoms with Gasteiger partial charge in [-0.1, -0.05) is 12.1 Å². The molecule has 2 heterocycles. The van der Waals surface area contributed by atoms with Crippen molar-refractivity contribution >= 4 is 33.8 Å². The van der Waals surface area contributed by atoms with Crippen molar-refractivity contribution in [2.45, 2.75) is 25.7 Å². The Bertz CT molecular complexity index is 500. The molecule has 17 heavy (non-hydrogen) atoms. The molecule has 0 aliphatic carbocycles. The number of piperidine rings is 1. The fraction of sp³-hybridized carbons (Fsp3) is 0.429. The van der Waals surface area contributed by atoms with Gasteiger partial charge in [0.05, 0.1) is 0 Å². The van der Waals surface area contributed by atoms with Crippen molar-refractivity contribution in [3.63, 3.8) is 0 Å². The number of rotatable bonds is 1. The maximum absolute atomic E-state index is 3.43. The Kier molecular flexibility index (Phi) is 4.08. The largest absolute Gasteiger partial charge is 0.317 e. The molecule has 1 aliphatic heterocycles. The lowest BCUT2D eigenvalue weighted by molar-refractivity contribution is 0.465. The van der Waals surface area contributed by atoms with E-state index in [1.54, 1.807) is 4.88 Å². The summed E-state index contributed by atoms with van der Waals surface area (Å²) in [4.78, 5) is 1.59. The predicted molar refractivity (Wildman–Crippen MR) is 78.7 cm³/mol. The Hall–Kier alpha value is -0.570. The van der Waals surface area contributed by atoms with E-state index in [1.807, 2.05) is 11.3 Å². The summed E-state index contributed by atoms with van der Waals surface area (Å²) < 4.78 is 1.45. The van der Waals surface area contributed by atoms with Gasteiger partial charge < -0.3 is 5.32 Å². The molecule has 3 heteroatoms. The third kappa shape index (κ3) is 2.65. The van der Waals surface area contributed by atoms with Crippen molar-refractivity contribution in [3.8, 4) is 0 Å². The van der Waals surface area contributed by atoms with Crippen LogP contribution in [-0.2, 0) is 0 Å². The number of halogens is 1. The monoisotopic (exact) mass is 267 g/mol. The fourth-order valence-corrected chi connectivity index (χ4v) is 3.80. The Labute approximate surface area is 113 Å². The minimum Gasteiger partial charge on any atom is -0.317 e. The Balaban J connectivity index is 0.00000108. The van der Waals surface area contributed by atoms with Gasteiger partial charge in [-0.3, -0.25) is 0 Å². The van der Waals surface area contributed by atoms with E-state index in [-0.39, 0.29) is 12.4 Å². The van der Waals surface area contributed by atoms with Crippen LogP contribution in [0.4, 0.5) is 0 Å². The molecule has 0 bridgehead atoms. The van der Waals surface area contributed by atoms with Gasteiger partial charge in [0, 0.05) is 9.58 Å². The molecule has 1 nitrogen and oxygen atoms in total. The van der Waals surface area contributed by atoms with E-state index in [0.717, 1.165) is 5.92 Å². The summed E-state index contributed by atoms with van der Waals surface area (Å²) in [6, 6.07) is 9.17. The second-order valence-electron chi connectivity index (χ2n) is 4.71. The van der Waals surface area contributed by atoms with Crippen LogP contribution in [-0.4, -0.2) is 13.1 Å². The van der Waals surface area contributed by atoms with Gasteiger partial charge in [0.25, 0.3) is 0 Å². The number of aryl methyl sites for hydroxylation is 1. The van der Waals surface area contributed by atoms with E-state index in [9.17, 15) is 0 Å². The molecular weight excluding hydrogens is 250 g/mol. The molecule has 2 aromatic rings. The highest BCUT2D eigenvalue weighted by atomic mass is 35.5. The van der Waals surface area contributed by atoms with Crippen molar-refractivity contribution in [2.24, 2.45) is 0 Å². The molecule has 1 aliphatic rings. The molecule has 0 spiro atoms. The molecule has 1 aromatic carbocycles. The Morgan fingerprint density at radius 1 is 1.18 bits per heavy atom. The summed E-state index contributed by atoms with van der Waals surface area (Å²) in [6.07, 6.45) is 2.59. The average Bonchev–Trinajstić information content (AvgIpc) is 2.73. The number of hydrogen-bond donors (Lipinski definition) is 1. The second-order valence-corrected chi connectivity index (χ2v) is 5.83. The van der Waals surface area contributed by atoms with Crippen molar-refractivity contribution in [1.82, 2.24) is 5.32 Å². The summed E-state index contributed by atoms with van der Waals surface area (Å²) in [7, 11) is 0. The summed E-state index contributed by atoms with van der Waals surface area (Å²) in [6.45, 7) is 4.53. The van der Waals surface area contributed by atoms with Gasteiger partial charge in [-0.15, -0.1) is 23.7 Å². The van der Waals surface area contributed by atoms with Crippen LogP contribution in [0.5, 0.6) is 0 Å². The maximum atomic E-state index is 3.43. The quantitative estimate of drug-likeness (QED) is 0.820. The van der Waals surface area contributed by atoms with Crippen LogP contribution < -0.4 is 5.32 Å². The highest BCUT2D eigenvalue weighted by molar-refractivity contribution is 7.19. The minimum absolute atomic E-state index is 0. The van der Waals surface area contributed by atoms with Crippen molar-refractivity contribution < 1.29 is 0 Å². The topological polar surface area (TPSA) is 12.0 Å². The first-order valence-electron chi connectivity index (χ1n) is 6.04. The lowest BCUT2D eigenvalue weighted by atomic mass is 9.96. The van der Waals surface area contributed by atoms with E-state index >= 15 is 0 Å². The molecule has 1 N–H and O–H groups in total. The van der Waals surface area contributed by atoms with E-state index < -0.39 is 0 Å². The van der Waals surface area contributed by atoms with Crippen LogP contribution in [0.3, 0.4) is 0 Å². The number of fused-ring (bicyclic) bond motifs is 1. The van der Waals surface area contributed by atoms with Gasteiger partial charge >= 0.3 is 0 Å². The SMILES string of the molecule is Cc1ccc2cc(C3CCNCC3)sc2c1.Cl. The van der Waals surface area contributed by atoms with Crippen LogP contribution in [0.15, 0.2) is 24.3 Å². The van der Waals surface area contributed by atoms with E-state index in [1.165, 1.54) is 41.6 Å². The van der Waals surface area contributed by atoms with Gasteiger partial charge in [0.1, 0.15) is 0 Å². The van der Waals surface area contributed by atoms with E-state index in [4.69, 9.17) is 0 Å². The van der Waals surface area contributed by atoms with E-state index in [0.29, 0.717) is 0 Å². The number of hydrogen-bond acceptors (Lipinski definition) is 2. The molecule has 3 rings (SSSR count). The first kappa shape index (κ1) is 12.9. The zero-order valence-electron chi connectivity index (χ0n) is 10.0. The van der Waals surface area contributed by atoms with Gasteiger partial charge in [0.2, 0.25) is 0 Å². The van der Waals surface area contributed by atoms with Crippen LogP contribution >= 0.6 is 23.7 Å².